The third-order valence-corrected chi connectivity index (χ3v) is 5.16. The van der Waals surface area contributed by atoms with E-state index in [1.807, 2.05) is 18.2 Å². The van der Waals surface area contributed by atoms with Crippen LogP contribution in [0.25, 0.3) is 12.2 Å². The fourth-order valence-corrected chi connectivity index (χ4v) is 3.42. The van der Waals surface area contributed by atoms with Crippen LogP contribution in [0.15, 0.2) is 36.4 Å². The van der Waals surface area contributed by atoms with E-state index >= 15 is 0 Å². The minimum Gasteiger partial charge on any atom is -0.505 e. The Morgan fingerprint density at radius 3 is 2.42 bits per heavy atom. The molecule has 0 spiro atoms. The Morgan fingerprint density at radius 1 is 1.04 bits per heavy atom. The first kappa shape index (κ1) is 17.1. The van der Waals surface area contributed by atoms with Gasteiger partial charge in [-0.05, 0) is 61.1 Å². The van der Waals surface area contributed by atoms with Gasteiger partial charge < -0.3 is 15.3 Å². The van der Waals surface area contributed by atoms with Gasteiger partial charge in [-0.15, -0.1) is 0 Å². The van der Waals surface area contributed by atoms with Crippen LogP contribution in [0.5, 0.6) is 5.75 Å². The number of phenolic OH excluding ortho intramolecular Hbond substituents is 1. The average Bonchev–Trinajstić information content (AvgIpc) is 3.33. The second-order valence-electron chi connectivity index (χ2n) is 7.28. The van der Waals surface area contributed by atoms with Crippen molar-refractivity contribution in [2.75, 3.05) is 18.0 Å². The molecule has 1 aliphatic heterocycles. The van der Waals surface area contributed by atoms with Crippen molar-refractivity contribution in [1.29, 1.82) is 0 Å². The van der Waals surface area contributed by atoms with Crippen molar-refractivity contribution in [2.45, 2.75) is 38.3 Å². The largest absolute Gasteiger partial charge is 0.505 e. The maximum atomic E-state index is 14.0. The van der Waals surface area contributed by atoms with Crippen molar-refractivity contribution in [3.05, 3.63) is 58.9 Å². The predicted molar refractivity (Wildman–Crippen MR) is 105 cm³/mol. The molecule has 0 radical (unpaired) electrons. The summed E-state index contributed by atoms with van der Waals surface area (Å²) in [5, 5.41) is 13.3. The van der Waals surface area contributed by atoms with Crippen LogP contribution in [0.1, 0.15) is 42.4 Å². The smallest absolute Gasteiger partial charge is 0.165 e. The van der Waals surface area contributed by atoms with Crippen LogP contribution in [-0.4, -0.2) is 24.2 Å². The molecule has 26 heavy (non-hydrogen) atoms. The fraction of sp³-hybridized carbons (Fsp3) is 0.364. The van der Waals surface area contributed by atoms with E-state index in [2.05, 4.69) is 34.5 Å². The summed E-state index contributed by atoms with van der Waals surface area (Å²) >= 11 is 0. The molecule has 0 bridgehead atoms. The molecule has 0 atom stereocenters. The lowest BCUT2D eigenvalue weighted by Gasteiger charge is -2.17. The molecule has 0 unspecified atom stereocenters. The predicted octanol–water partition coefficient (Wildman–Crippen LogP) is 4.55. The van der Waals surface area contributed by atoms with Gasteiger partial charge in [0.05, 0.1) is 0 Å². The highest BCUT2D eigenvalue weighted by Gasteiger charge is 2.21. The summed E-state index contributed by atoms with van der Waals surface area (Å²) in [7, 11) is 0. The zero-order valence-corrected chi connectivity index (χ0v) is 14.9. The van der Waals surface area contributed by atoms with Gasteiger partial charge in [0.1, 0.15) is 0 Å². The molecule has 2 fully saturated rings. The van der Waals surface area contributed by atoms with Gasteiger partial charge in [-0.1, -0.05) is 24.3 Å². The number of hydrogen-bond donors (Lipinski definition) is 2. The second-order valence-corrected chi connectivity index (χ2v) is 7.28. The molecule has 2 N–H and O–H groups in total. The maximum absolute atomic E-state index is 14.0. The molecule has 1 aliphatic carbocycles. The van der Waals surface area contributed by atoms with Crippen LogP contribution in [0.4, 0.5) is 10.1 Å². The average molecular weight is 352 g/mol. The molecule has 1 saturated carbocycles. The van der Waals surface area contributed by atoms with Crippen molar-refractivity contribution in [3.8, 4) is 5.75 Å². The zero-order chi connectivity index (χ0) is 17.9. The summed E-state index contributed by atoms with van der Waals surface area (Å²) in [4.78, 5) is 2.40. The van der Waals surface area contributed by atoms with Gasteiger partial charge in [0.2, 0.25) is 0 Å². The van der Waals surface area contributed by atoms with Crippen molar-refractivity contribution in [3.63, 3.8) is 0 Å². The molecule has 1 saturated heterocycles. The van der Waals surface area contributed by atoms with Crippen LogP contribution in [0, 0.1) is 5.82 Å². The molecule has 2 aromatic carbocycles. The Hall–Kier alpha value is -2.33. The van der Waals surface area contributed by atoms with E-state index in [1.54, 1.807) is 0 Å². The molecule has 2 aromatic rings. The number of hydrogen-bond acceptors (Lipinski definition) is 3. The molecular formula is C22H25FN2O. The monoisotopic (exact) mass is 352 g/mol. The second kappa shape index (κ2) is 7.50. The van der Waals surface area contributed by atoms with Crippen LogP contribution >= 0.6 is 0 Å². The molecule has 0 aromatic heterocycles. The lowest BCUT2D eigenvalue weighted by Crippen LogP contribution is -2.17. The van der Waals surface area contributed by atoms with Gasteiger partial charge in [-0.2, -0.15) is 0 Å². The molecule has 1 heterocycles. The fourth-order valence-electron chi connectivity index (χ4n) is 3.42. The number of halogens is 1. The Balaban J connectivity index is 1.46. The van der Waals surface area contributed by atoms with Crippen LogP contribution in [-0.2, 0) is 6.54 Å². The zero-order valence-electron chi connectivity index (χ0n) is 14.9. The van der Waals surface area contributed by atoms with Gasteiger partial charge in [-0.25, -0.2) is 4.39 Å². The number of nitrogens with one attached hydrogen (secondary N) is 1. The van der Waals surface area contributed by atoms with Crippen molar-refractivity contribution >= 4 is 17.8 Å². The Labute approximate surface area is 154 Å². The summed E-state index contributed by atoms with van der Waals surface area (Å²) < 4.78 is 14.0. The van der Waals surface area contributed by atoms with Crippen LogP contribution in [0.3, 0.4) is 0 Å². The maximum Gasteiger partial charge on any atom is 0.165 e. The summed E-state index contributed by atoms with van der Waals surface area (Å²) in [6.07, 6.45) is 8.75. The van der Waals surface area contributed by atoms with Gasteiger partial charge in [0.25, 0.3) is 0 Å². The van der Waals surface area contributed by atoms with Crippen molar-refractivity contribution in [1.82, 2.24) is 5.32 Å². The Bertz CT molecular complexity index is 791. The minimum atomic E-state index is -0.566. The lowest BCUT2D eigenvalue weighted by molar-refractivity contribution is 0.423. The highest BCUT2D eigenvalue weighted by molar-refractivity contribution is 5.71. The van der Waals surface area contributed by atoms with E-state index in [9.17, 15) is 9.50 Å². The third-order valence-electron chi connectivity index (χ3n) is 5.16. The minimum absolute atomic E-state index is 0.245. The highest BCUT2D eigenvalue weighted by atomic mass is 19.1. The standard InChI is InChI=1S/C22H25FN2O/c23-21-14-17(13-18(22(21)26)15-24-19-7-8-19)4-3-16-5-9-20(10-6-16)25-11-1-2-12-25/h3-6,9-10,13-14,19,24,26H,1-2,7-8,11-12,15H2. The van der Waals surface area contributed by atoms with E-state index in [1.165, 1.54) is 24.6 Å². The number of aromatic hydroxyl groups is 1. The molecular weight excluding hydrogens is 327 g/mol. The molecule has 0 amide bonds. The van der Waals surface area contributed by atoms with E-state index < -0.39 is 5.82 Å². The summed E-state index contributed by atoms with van der Waals surface area (Å²) in [6, 6.07) is 12.2. The summed E-state index contributed by atoms with van der Waals surface area (Å²) in [6.45, 7) is 2.78. The molecule has 3 nitrogen and oxygen atoms in total. The third kappa shape index (κ3) is 4.07. The van der Waals surface area contributed by atoms with Gasteiger partial charge >= 0.3 is 0 Å². The lowest BCUT2D eigenvalue weighted by atomic mass is 10.1. The quantitative estimate of drug-likeness (QED) is 0.749. The molecule has 2 aliphatic rings. The van der Waals surface area contributed by atoms with E-state index in [-0.39, 0.29) is 5.75 Å². The Kier molecular flexibility index (Phi) is 4.93. The number of benzene rings is 2. The first-order valence-corrected chi connectivity index (χ1v) is 9.47. The van der Waals surface area contributed by atoms with E-state index in [4.69, 9.17) is 0 Å². The molecule has 4 heteroatoms. The molecule has 4 rings (SSSR count). The SMILES string of the molecule is Oc1c(F)cc(C=Cc2ccc(N3CCCC3)cc2)cc1CNC1CC1. The van der Waals surface area contributed by atoms with Crippen molar-refractivity contribution in [2.24, 2.45) is 0 Å². The number of phenols is 1. The summed E-state index contributed by atoms with van der Waals surface area (Å²) in [5.41, 5.74) is 3.72. The number of nitrogens with zero attached hydrogens (tertiary/aromatic N) is 1. The number of anilines is 1. The van der Waals surface area contributed by atoms with E-state index in [0.29, 0.717) is 18.2 Å². The van der Waals surface area contributed by atoms with Gasteiger partial charge in [0.15, 0.2) is 11.6 Å². The van der Waals surface area contributed by atoms with Crippen LogP contribution < -0.4 is 10.2 Å². The van der Waals surface area contributed by atoms with Crippen molar-refractivity contribution < 1.29 is 9.50 Å². The summed E-state index contributed by atoms with van der Waals surface area (Å²) in [5.74, 6) is -0.811. The molecule has 136 valence electrons. The normalized spacial score (nSPS) is 17.3. The first-order chi connectivity index (χ1) is 12.7. The highest BCUT2D eigenvalue weighted by Crippen LogP contribution is 2.27. The topological polar surface area (TPSA) is 35.5 Å². The Morgan fingerprint density at radius 2 is 1.73 bits per heavy atom. The van der Waals surface area contributed by atoms with Gasteiger partial charge in [-0.3, -0.25) is 0 Å². The van der Waals surface area contributed by atoms with E-state index in [0.717, 1.165) is 37.1 Å². The first-order valence-electron chi connectivity index (χ1n) is 9.47. The number of rotatable bonds is 6. The van der Waals surface area contributed by atoms with Crippen LogP contribution in [0.2, 0.25) is 0 Å². The van der Waals surface area contributed by atoms with Gasteiger partial charge in [0, 0.05) is 36.9 Å².